The van der Waals surface area contributed by atoms with Crippen molar-refractivity contribution in [1.29, 1.82) is 0 Å². The maximum absolute atomic E-state index is 14.1. The van der Waals surface area contributed by atoms with E-state index >= 15 is 0 Å². The highest BCUT2D eigenvalue weighted by Crippen LogP contribution is 2.41. The SMILES string of the molecule is O=C(c1ccc(F)c(F)c1F)N1CCC(c2ccccc2)(N2CCCC2)CC1. The zero-order valence-electron chi connectivity index (χ0n) is 15.6. The van der Waals surface area contributed by atoms with Gasteiger partial charge in [0.1, 0.15) is 0 Å². The highest BCUT2D eigenvalue weighted by atomic mass is 19.2. The van der Waals surface area contributed by atoms with Gasteiger partial charge in [-0.05, 0) is 56.5 Å². The largest absolute Gasteiger partial charge is 0.338 e. The molecule has 0 aliphatic carbocycles. The van der Waals surface area contributed by atoms with E-state index in [9.17, 15) is 18.0 Å². The van der Waals surface area contributed by atoms with Crippen molar-refractivity contribution >= 4 is 5.91 Å². The van der Waals surface area contributed by atoms with Gasteiger partial charge in [-0.2, -0.15) is 0 Å². The Morgan fingerprint density at radius 2 is 1.46 bits per heavy atom. The summed E-state index contributed by atoms with van der Waals surface area (Å²) in [5, 5.41) is 0. The maximum Gasteiger partial charge on any atom is 0.256 e. The normalized spacial score (nSPS) is 19.8. The number of carbonyl (C=O) groups excluding carboxylic acids is 1. The zero-order chi connectivity index (χ0) is 19.7. The molecular weight excluding hydrogens is 365 g/mol. The first kappa shape index (κ1) is 19.0. The number of piperidine rings is 1. The highest BCUT2D eigenvalue weighted by molar-refractivity contribution is 5.94. The summed E-state index contributed by atoms with van der Waals surface area (Å²) in [7, 11) is 0. The van der Waals surface area contributed by atoms with Gasteiger partial charge in [-0.3, -0.25) is 9.69 Å². The van der Waals surface area contributed by atoms with Crippen LogP contribution in [0.2, 0.25) is 0 Å². The molecule has 0 saturated carbocycles. The lowest BCUT2D eigenvalue weighted by Crippen LogP contribution is -2.53. The quantitative estimate of drug-likeness (QED) is 0.731. The Morgan fingerprint density at radius 3 is 2.11 bits per heavy atom. The van der Waals surface area contributed by atoms with E-state index in [4.69, 9.17) is 0 Å². The summed E-state index contributed by atoms with van der Waals surface area (Å²) >= 11 is 0. The van der Waals surface area contributed by atoms with Crippen LogP contribution in [0.1, 0.15) is 41.6 Å². The predicted octanol–water partition coefficient (Wildman–Crippen LogP) is 4.33. The van der Waals surface area contributed by atoms with Gasteiger partial charge in [-0.1, -0.05) is 30.3 Å². The zero-order valence-corrected chi connectivity index (χ0v) is 15.6. The van der Waals surface area contributed by atoms with Gasteiger partial charge in [0.05, 0.1) is 5.56 Å². The summed E-state index contributed by atoms with van der Waals surface area (Å²) in [6, 6.07) is 12.1. The molecule has 0 bridgehead atoms. The van der Waals surface area contributed by atoms with Crippen molar-refractivity contribution in [2.75, 3.05) is 26.2 Å². The second-order valence-electron chi connectivity index (χ2n) is 7.61. The molecule has 0 radical (unpaired) electrons. The molecule has 148 valence electrons. The van der Waals surface area contributed by atoms with Crippen LogP contribution >= 0.6 is 0 Å². The minimum absolute atomic E-state index is 0.138. The van der Waals surface area contributed by atoms with Crippen molar-refractivity contribution in [2.24, 2.45) is 0 Å². The van der Waals surface area contributed by atoms with Gasteiger partial charge in [-0.15, -0.1) is 0 Å². The Hall–Kier alpha value is -2.34. The monoisotopic (exact) mass is 388 g/mol. The van der Waals surface area contributed by atoms with Crippen molar-refractivity contribution in [3.8, 4) is 0 Å². The van der Waals surface area contributed by atoms with E-state index in [-0.39, 0.29) is 5.54 Å². The summed E-state index contributed by atoms with van der Waals surface area (Å²) in [4.78, 5) is 16.8. The molecule has 0 spiro atoms. The van der Waals surface area contributed by atoms with Gasteiger partial charge in [0, 0.05) is 18.6 Å². The number of halogens is 3. The highest BCUT2D eigenvalue weighted by Gasteiger charge is 2.43. The van der Waals surface area contributed by atoms with Gasteiger partial charge < -0.3 is 4.90 Å². The Labute approximate surface area is 162 Å². The number of benzene rings is 2. The average molecular weight is 388 g/mol. The third-order valence-corrected chi connectivity index (χ3v) is 6.17. The molecule has 1 amide bonds. The topological polar surface area (TPSA) is 23.6 Å². The van der Waals surface area contributed by atoms with Gasteiger partial charge in [0.2, 0.25) is 0 Å². The Balaban J connectivity index is 1.57. The van der Waals surface area contributed by atoms with E-state index in [2.05, 4.69) is 17.0 Å². The van der Waals surface area contributed by atoms with Crippen LogP contribution in [0.3, 0.4) is 0 Å². The number of nitrogens with zero attached hydrogens (tertiary/aromatic N) is 2. The molecule has 2 aliphatic heterocycles. The molecule has 2 aliphatic rings. The van der Waals surface area contributed by atoms with Crippen LogP contribution in [-0.4, -0.2) is 41.9 Å². The van der Waals surface area contributed by atoms with Gasteiger partial charge in [-0.25, -0.2) is 13.2 Å². The Morgan fingerprint density at radius 1 is 0.821 bits per heavy atom. The summed E-state index contributed by atoms with van der Waals surface area (Å²) in [5.74, 6) is -4.88. The van der Waals surface area contributed by atoms with E-state index in [0.29, 0.717) is 13.1 Å². The second-order valence-corrected chi connectivity index (χ2v) is 7.61. The third-order valence-electron chi connectivity index (χ3n) is 6.17. The van der Waals surface area contributed by atoms with Crippen molar-refractivity contribution in [1.82, 2.24) is 9.80 Å². The van der Waals surface area contributed by atoms with Gasteiger partial charge in [0.15, 0.2) is 17.5 Å². The van der Waals surface area contributed by atoms with E-state index < -0.39 is 28.9 Å². The van der Waals surface area contributed by atoms with Crippen LogP contribution in [0.25, 0.3) is 0 Å². The van der Waals surface area contributed by atoms with E-state index in [1.807, 2.05) is 18.2 Å². The number of hydrogen-bond donors (Lipinski definition) is 0. The van der Waals surface area contributed by atoms with Crippen LogP contribution in [0, 0.1) is 17.5 Å². The molecule has 2 aromatic carbocycles. The number of rotatable bonds is 3. The summed E-state index contributed by atoms with van der Waals surface area (Å²) in [6.07, 6.45) is 3.79. The first-order valence-electron chi connectivity index (χ1n) is 9.76. The van der Waals surface area contributed by atoms with Crippen molar-refractivity contribution in [3.63, 3.8) is 0 Å². The van der Waals surface area contributed by atoms with Crippen LogP contribution in [0.5, 0.6) is 0 Å². The number of likely N-dealkylation sites (tertiary alicyclic amines) is 2. The average Bonchev–Trinajstić information content (AvgIpc) is 3.28. The second kappa shape index (κ2) is 7.59. The lowest BCUT2D eigenvalue weighted by molar-refractivity contribution is 0.0292. The molecule has 2 saturated heterocycles. The molecule has 0 atom stereocenters. The summed E-state index contributed by atoms with van der Waals surface area (Å²) < 4.78 is 40.8. The fourth-order valence-corrected chi connectivity index (χ4v) is 4.62. The van der Waals surface area contributed by atoms with Crippen molar-refractivity contribution in [2.45, 2.75) is 31.2 Å². The van der Waals surface area contributed by atoms with Crippen LogP contribution < -0.4 is 0 Å². The van der Waals surface area contributed by atoms with Crippen molar-refractivity contribution in [3.05, 3.63) is 71.0 Å². The van der Waals surface area contributed by atoms with Crippen LogP contribution in [-0.2, 0) is 5.54 Å². The maximum atomic E-state index is 14.1. The molecule has 0 aromatic heterocycles. The summed E-state index contributed by atoms with van der Waals surface area (Å²) in [5.41, 5.74) is 0.691. The Kier molecular flexibility index (Phi) is 5.15. The smallest absolute Gasteiger partial charge is 0.256 e. The summed E-state index contributed by atoms with van der Waals surface area (Å²) in [6.45, 7) is 2.95. The van der Waals surface area contributed by atoms with Crippen LogP contribution in [0.4, 0.5) is 13.2 Å². The number of amides is 1. The third kappa shape index (κ3) is 3.20. The molecule has 2 heterocycles. The van der Waals surface area contributed by atoms with Crippen LogP contribution in [0.15, 0.2) is 42.5 Å². The molecule has 28 heavy (non-hydrogen) atoms. The number of hydrogen-bond acceptors (Lipinski definition) is 2. The molecular formula is C22H23F3N2O. The molecule has 6 heteroatoms. The molecule has 2 fully saturated rings. The minimum atomic E-state index is -1.60. The lowest BCUT2D eigenvalue weighted by atomic mass is 9.79. The van der Waals surface area contributed by atoms with Crippen molar-refractivity contribution < 1.29 is 18.0 Å². The molecule has 2 aromatic rings. The predicted molar refractivity (Wildman–Crippen MR) is 100 cm³/mol. The van der Waals surface area contributed by atoms with E-state index in [1.54, 1.807) is 4.90 Å². The fraction of sp³-hybridized carbons (Fsp3) is 0.409. The van der Waals surface area contributed by atoms with E-state index in [1.165, 1.54) is 5.56 Å². The lowest BCUT2D eigenvalue weighted by Gasteiger charge is -2.48. The molecule has 4 rings (SSSR count). The molecule has 3 nitrogen and oxygen atoms in total. The molecule has 0 unspecified atom stereocenters. The first-order chi connectivity index (χ1) is 13.5. The number of carbonyl (C=O) groups is 1. The standard InChI is InChI=1S/C22H23F3N2O/c23-18-9-8-17(19(24)20(18)25)21(28)26-14-10-22(11-15-26,27-12-4-5-13-27)16-6-2-1-3-7-16/h1-3,6-9H,4-5,10-15H2. The van der Waals surface area contributed by atoms with Gasteiger partial charge in [0.25, 0.3) is 5.91 Å². The minimum Gasteiger partial charge on any atom is -0.338 e. The van der Waals surface area contributed by atoms with E-state index in [0.717, 1.165) is 50.9 Å². The fourth-order valence-electron chi connectivity index (χ4n) is 4.62. The first-order valence-corrected chi connectivity index (χ1v) is 9.76. The Bertz CT molecular complexity index is 858. The molecule has 0 N–H and O–H groups in total. The van der Waals surface area contributed by atoms with Gasteiger partial charge >= 0.3 is 0 Å².